The lowest BCUT2D eigenvalue weighted by Crippen LogP contribution is -2.45. The number of carbonyl (C=O) groups excluding carboxylic acids is 1. The van der Waals surface area contributed by atoms with E-state index >= 15 is 0 Å². The maximum Gasteiger partial charge on any atom is 0.245 e. The van der Waals surface area contributed by atoms with Gasteiger partial charge < -0.3 is 10.2 Å². The van der Waals surface area contributed by atoms with Gasteiger partial charge in [-0.1, -0.05) is 43.0 Å². The van der Waals surface area contributed by atoms with Crippen LogP contribution >= 0.6 is 0 Å². The lowest BCUT2D eigenvalue weighted by atomic mass is 10.0. The highest BCUT2D eigenvalue weighted by molar-refractivity contribution is 5.87. The maximum atomic E-state index is 13.7. The van der Waals surface area contributed by atoms with Crippen LogP contribution in [0.3, 0.4) is 0 Å². The van der Waals surface area contributed by atoms with Crippen molar-refractivity contribution in [3.05, 3.63) is 103 Å². The molecule has 206 valence electrons. The van der Waals surface area contributed by atoms with E-state index in [2.05, 4.69) is 39.8 Å². The normalized spacial score (nSPS) is 17.2. The van der Waals surface area contributed by atoms with Gasteiger partial charge >= 0.3 is 0 Å². The highest BCUT2D eigenvalue weighted by atomic mass is 19.1. The van der Waals surface area contributed by atoms with Crippen LogP contribution in [0.15, 0.2) is 85.6 Å². The van der Waals surface area contributed by atoms with Crippen molar-refractivity contribution >= 4 is 17.1 Å². The molecule has 2 aromatic carbocycles. The number of piperidine rings is 1. The molecule has 0 saturated carbocycles. The Labute approximate surface area is 237 Å². The summed E-state index contributed by atoms with van der Waals surface area (Å²) >= 11 is 0. The van der Waals surface area contributed by atoms with Crippen LogP contribution < -0.4 is 5.32 Å². The monoisotopic (exact) mass is 547 g/mol. The molecule has 1 unspecified atom stereocenters. The average molecular weight is 548 g/mol. The third-order valence-corrected chi connectivity index (χ3v) is 8.19. The van der Waals surface area contributed by atoms with E-state index in [9.17, 15) is 9.18 Å². The number of fused-ring (bicyclic) bond motifs is 2. The molecule has 1 saturated heterocycles. The highest BCUT2D eigenvalue weighted by Crippen LogP contribution is 2.36. The Kier molecular flexibility index (Phi) is 6.43. The van der Waals surface area contributed by atoms with Gasteiger partial charge in [-0.3, -0.25) is 9.36 Å². The molecule has 0 spiro atoms. The minimum Gasteiger partial charge on any atom is -0.339 e. The predicted octanol–water partition coefficient (Wildman–Crippen LogP) is 5.17. The molecular formula is C32H30FN7O. The molecule has 1 aliphatic carbocycles. The van der Waals surface area contributed by atoms with Crippen LogP contribution in [0.1, 0.15) is 36.4 Å². The third-order valence-electron chi connectivity index (χ3n) is 8.19. The Morgan fingerprint density at radius 1 is 1.00 bits per heavy atom. The van der Waals surface area contributed by atoms with Crippen molar-refractivity contribution in [2.24, 2.45) is 0 Å². The summed E-state index contributed by atoms with van der Waals surface area (Å²) in [5.41, 5.74) is 6.04. The van der Waals surface area contributed by atoms with Crippen LogP contribution in [-0.2, 0) is 11.2 Å². The molecular weight excluding hydrogens is 517 g/mol. The van der Waals surface area contributed by atoms with Crippen molar-refractivity contribution in [2.75, 3.05) is 13.1 Å². The summed E-state index contributed by atoms with van der Waals surface area (Å²) in [5.74, 6) is 0.782. The molecule has 0 radical (unpaired) electrons. The molecule has 1 amide bonds. The van der Waals surface area contributed by atoms with E-state index in [0.29, 0.717) is 23.5 Å². The summed E-state index contributed by atoms with van der Waals surface area (Å²) in [6.45, 7) is 5.14. The third kappa shape index (κ3) is 4.72. The van der Waals surface area contributed by atoms with E-state index in [1.54, 1.807) is 12.3 Å². The molecule has 8 nitrogen and oxygen atoms in total. The van der Waals surface area contributed by atoms with Crippen LogP contribution in [0.5, 0.6) is 0 Å². The first-order valence-electron chi connectivity index (χ1n) is 14.0. The molecule has 1 N–H and O–H groups in total. The summed E-state index contributed by atoms with van der Waals surface area (Å²) in [5, 5.41) is 7.77. The number of hydrogen-bond donors (Lipinski definition) is 1. The fraction of sp³-hybridized carbons (Fsp3) is 0.250. The number of carbonyl (C=O) groups is 1. The summed E-state index contributed by atoms with van der Waals surface area (Å²) in [7, 11) is 0. The van der Waals surface area contributed by atoms with Crippen molar-refractivity contribution in [1.29, 1.82) is 0 Å². The number of nitrogens with zero attached hydrogens (tertiary/aromatic N) is 6. The number of imidazole rings is 1. The van der Waals surface area contributed by atoms with E-state index in [1.807, 2.05) is 41.3 Å². The summed E-state index contributed by atoms with van der Waals surface area (Å²) < 4.78 is 17.2. The molecule has 41 heavy (non-hydrogen) atoms. The molecule has 5 aromatic rings. The largest absolute Gasteiger partial charge is 0.339 e. The van der Waals surface area contributed by atoms with Crippen LogP contribution in [0.2, 0.25) is 0 Å². The number of benzene rings is 2. The van der Waals surface area contributed by atoms with Gasteiger partial charge in [0.05, 0.1) is 0 Å². The average Bonchev–Trinajstić information content (AvgIpc) is 3.73. The second kappa shape index (κ2) is 10.4. The van der Waals surface area contributed by atoms with Crippen molar-refractivity contribution in [1.82, 2.24) is 34.5 Å². The Bertz CT molecular complexity index is 1750. The number of rotatable bonds is 6. The smallest absolute Gasteiger partial charge is 0.245 e. The quantitative estimate of drug-likeness (QED) is 0.297. The van der Waals surface area contributed by atoms with Gasteiger partial charge in [0.1, 0.15) is 11.3 Å². The van der Waals surface area contributed by atoms with Gasteiger partial charge in [-0.2, -0.15) is 4.39 Å². The van der Waals surface area contributed by atoms with Crippen molar-refractivity contribution < 1.29 is 9.18 Å². The molecule has 3 aromatic heterocycles. The SMILES string of the molecule is C=CC(=O)N1CCC(NC2CCc3cc(-n4c(-c5ccccc5)nc5ccc(-n6ccc(F)n6)nc54)ccc32)CC1. The van der Waals surface area contributed by atoms with Crippen LogP contribution in [0, 0.1) is 5.95 Å². The van der Waals surface area contributed by atoms with E-state index < -0.39 is 5.95 Å². The molecule has 1 atom stereocenters. The van der Waals surface area contributed by atoms with Gasteiger partial charge in [-0.25, -0.2) is 14.6 Å². The first-order chi connectivity index (χ1) is 20.1. The minimum absolute atomic E-state index is 0.0162. The van der Waals surface area contributed by atoms with Crippen molar-refractivity contribution in [2.45, 2.75) is 37.8 Å². The van der Waals surface area contributed by atoms with Crippen LogP contribution in [0.4, 0.5) is 4.39 Å². The number of nitrogens with one attached hydrogen (secondary N) is 1. The van der Waals surface area contributed by atoms with Gasteiger partial charge in [-0.15, -0.1) is 5.10 Å². The van der Waals surface area contributed by atoms with Gasteiger partial charge in [0.25, 0.3) is 0 Å². The number of aryl methyl sites for hydroxylation is 1. The maximum absolute atomic E-state index is 13.7. The van der Waals surface area contributed by atoms with Gasteiger partial charge in [0.2, 0.25) is 11.9 Å². The van der Waals surface area contributed by atoms with Crippen LogP contribution in [0.25, 0.3) is 34.1 Å². The Morgan fingerprint density at radius 3 is 2.59 bits per heavy atom. The molecule has 2 aliphatic rings. The molecule has 1 fully saturated rings. The predicted molar refractivity (Wildman–Crippen MR) is 155 cm³/mol. The fourth-order valence-corrected chi connectivity index (χ4v) is 6.13. The number of hydrogen-bond acceptors (Lipinski definition) is 5. The zero-order chi connectivity index (χ0) is 27.9. The number of halogens is 1. The Morgan fingerprint density at radius 2 is 1.83 bits per heavy atom. The second-order valence-corrected chi connectivity index (χ2v) is 10.7. The van der Waals surface area contributed by atoms with Gasteiger partial charge in [0.15, 0.2) is 11.5 Å². The van der Waals surface area contributed by atoms with Crippen LogP contribution in [-0.4, -0.2) is 54.3 Å². The molecule has 1 aliphatic heterocycles. The lowest BCUT2D eigenvalue weighted by Gasteiger charge is -2.33. The second-order valence-electron chi connectivity index (χ2n) is 10.7. The zero-order valence-electron chi connectivity index (χ0n) is 22.6. The van der Waals surface area contributed by atoms with E-state index in [1.165, 1.54) is 28.0 Å². The van der Waals surface area contributed by atoms with E-state index in [-0.39, 0.29) is 5.91 Å². The van der Waals surface area contributed by atoms with Gasteiger partial charge in [-0.05, 0) is 67.2 Å². The molecule has 7 rings (SSSR count). The summed E-state index contributed by atoms with van der Waals surface area (Å²) in [6.07, 6.45) is 6.87. The van der Waals surface area contributed by atoms with Crippen molar-refractivity contribution in [3.63, 3.8) is 0 Å². The standard InChI is InChI=1S/C32H30FN7O/c1-2-30(41)38-17-14-23(15-18-38)34-26-11-8-22-20-24(9-10-25(22)26)40-31(21-6-4-3-5-7-21)35-27-12-13-29(36-32(27)40)39-19-16-28(33)37-39/h2-7,9-10,12-13,16,19-20,23,26,34H,1,8,11,14-15,17-18H2. The number of amides is 1. The Hall–Kier alpha value is -4.63. The van der Waals surface area contributed by atoms with E-state index in [0.717, 1.165) is 61.4 Å². The van der Waals surface area contributed by atoms with Crippen molar-refractivity contribution in [3.8, 4) is 22.9 Å². The highest BCUT2D eigenvalue weighted by Gasteiger charge is 2.28. The fourth-order valence-electron chi connectivity index (χ4n) is 6.13. The minimum atomic E-state index is -0.553. The number of pyridine rings is 1. The first kappa shape index (κ1) is 25.3. The van der Waals surface area contributed by atoms with E-state index in [4.69, 9.17) is 9.97 Å². The summed E-state index contributed by atoms with van der Waals surface area (Å²) in [4.78, 5) is 23.7. The number of aromatic nitrogens is 5. The number of likely N-dealkylation sites (tertiary alicyclic amines) is 1. The molecule has 9 heteroatoms. The lowest BCUT2D eigenvalue weighted by molar-refractivity contribution is -0.127. The molecule has 4 heterocycles. The van der Waals surface area contributed by atoms with Gasteiger partial charge in [0, 0.05) is 48.7 Å². The Balaban J connectivity index is 1.22. The summed E-state index contributed by atoms with van der Waals surface area (Å²) in [6, 6.07) is 22.4. The topological polar surface area (TPSA) is 80.9 Å². The zero-order valence-corrected chi connectivity index (χ0v) is 22.6. The first-order valence-corrected chi connectivity index (χ1v) is 14.0. The molecule has 0 bridgehead atoms.